The number of carbonyl (C=O) groups excluding carboxylic acids is 1. The number of aryl methyl sites for hydroxylation is 1. The van der Waals surface area contributed by atoms with Crippen molar-refractivity contribution in [1.82, 2.24) is 19.5 Å². The third-order valence-corrected chi connectivity index (χ3v) is 7.14. The Morgan fingerprint density at radius 3 is 2.94 bits per heavy atom. The number of thiophene rings is 1. The van der Waals surface area contributed by atoms with E-state index in [0.717, 1.165) is 16.6 Å². The van der Waals surface area contributed by atoms with Crippen LogP contribution in [0.1, 0.15) is 40.2 Å². The number of esters is 1. The Bertz CT molecular complexity index is 1340. The second kappa shape index (κ2) is 9.17. The predicted octanol–water partition coefficient (Wildman–Crippen LogP) is 4.52. The van der Waals surface area contributed by atoms with Gasteiger partial charge in [-0.25, -0.2) is 14.8 Å². The molecule has 0 fully saturated rings. The number of fused-ring (bicyclic) bond motifs is 1. The molecule has 4 rings (SSSR count). The number of ether oxygens (including phenoxy) is 2. The Morgan fingerprint density at radius 2 is 2.19 bits per heavy atom. The Hall–Kier alpha value is -3.11. The van der Waals surface area contributed by atoms with Crippen molar-refractivity contribution in [3.63, 3.8) is 0 Å². The first kappa shape index (κ1) is 22.1. The molecule has 0 bridgehead atoms. The Balaban J connectivity index is 1.65. The minimum Gasteiger partial charge on any atom is -0.497 e. The zero-order valence-electron chi connectivity index (χ0n) is 18.0. The van der Waals surface area contributed by atoms with Gasteiger partial charge < -0.3 is 14.5 Å². The normalized spacial score (nSPS) is 12.1. The fourth-order valence-corrected chi connectivity index (χ4v) is 5.32. The van der Waals surface area contributed by atoms with Crippen LogP contribution in [-0.2, 0) is 4.74 Å². The molecule has 32 heavy (non-hydrogen) atoms. The predicted molar refractivity (Wildman–Crippen MR) is 125 cm³/mol. The summed E-state index contributed by atoms with van der Waals surface area (Å²) in [4.78, 5) is 37.9. The third kappa shape index (κ3) is 4.15. The molecule has 0 saturated carbocycles. The van der Waals surface area contributed by atoms with Crippen molar-refractivity contribution in [3.8, 4) is 11.4 Å². The van der Waals surface area contributed by atoms with Crippen LogP contribution in [0, 0.1) is 6.92 Å². The number of carbonyl (C=O) groups is 1. The first-order valence-corrected chi connectivity index (χ1v) is 11.7. The molecule has 10 heteroatoms. The van der Waals surface area contributed by atoms with Crippen LogP contribution in [0.3, 0.4) is 0 Å². The van der Waals surface area contributed by atoms with Crippen LogP contribution in [0.25, 0.3) is 15.9 Å². The van der Waals surface area contributed by atoms with Gasteiger partial charge in [0.2, 0.25) is 0 Å². The van der Waals surface area contributed by atoms with Crippen LogP contribution in [0.4, 0.5) is 0 Å². The van der Waals surface area contributed by atoms with Crippen molar-refractivity contribution in [2.75, 3.05) is 13.7 Å². The van der Waals surface area contributed by atoms with Gasteiger partial charge in [0, 0.05) is 18.5 Å². The average molecular weight is 471 g/mol. The first-order chi connectivity index (χ1) is 15.4. The van der Waals surface area contributed by atoms with E-state index in [4.69, 9.17) is 9.47 Å². The van der Waals surface area contributed by atoms with Crippen molar-refractivity contribution in [3.05, 3.63) is 63.3 Å². The Kier molecular flexibility index (Phi) is 6.33. The highest BCUT2D eigenvalue weighted by molar-refractivity contribution is 7.99. The summed E-state index contributed by atoms with van der Waals surface area (Å²) in [5.74, 6) is 0.836. The summed E-state index contributed by atoms with van der Waals surface area (Å²) in [5, 5.41) is 0.993. The fourth-order valence-electron chi connectivity index (χ4n) is 3.29. The molecule has 3 aromatic heterocycles. The number of imidazole rings is 1. The molecule has 0 aliphatic heterocycles. The van der Waals surface area contributed by atoms with E-state index in [1.807, 2.05) is 42.0 Å². The van der Waals surface area contributed by atoms with Crippen LogP contribution in [0.15, 0.2) is 46.6 Å². The van der Waals surface area contributed by atoms with Gasteiger partial charge in [0.25, 0.3) is 5.56 Å². The molecule has 4 aromatic rings. The van der Waals surface area contributed by atoms with E-state index in [1.165, 1.54) is 23.1 Å². The summed E-state index contributed by atoms with van der Waals surface area (Å²) < 4.78 is 12.4. The molecule has 8 nitrogen and oxygen atoms in total. The maximum atomic E-state index is 12.8. The number of rotatable bonds is 7. The number of methoxy groups -OCH3 is 1. The average Bonchev–Trinajstić information content (AvgIpc) is 3.38. The molecule has 1 aromatic carbocycles. The Morgan fingerprint density at radius 1 is 1.38 bits per heavy atom. The highest BCUT2D eigenvalue weighted by Crippen LogP contribution is 2.35. The number of nitrogens with one attached hydrogen (secondary N) is 1. The lowest BCUT2D eigenvalue weighted by Crippen LogP contribution is -2.13. The lowest BCUT2D eigenvalue weighted by Gasteiger charge is -2.13. The minimum absolute atomic E-state index is 0.188. The maximum absolute atomic E-state index is 12.8. The van der Waals surface area contributed by atoms with Gasteiger partial charge in [0.1, 0.15) is 21.3 Å². The van der Waals surface area contributed by atoms with Crippen LogP contribution >= 0.6 is 23.1 Å². The minimum atomic E-state index is -0.434. The van der Waals surface area contributed by atoms with Crippen LogP contribution < -0.4 is 10.3 Å². The SMILES string of the molecule is CCOC(=O)c1sc2nc(C(C)Sc3nccn3-c3cccc(OC)c3)[nH]c(=O)c2c1C. The number of aromatic amines is 1. The summed E-state index contributed by atoms with van der Waals surface area (Å²) in [7, 11) is 1.63. The first-order valence-electron chi connectivity index (χ1n) is 9.97. The highest BCUT2D eigenvalue weighted by atomic mass is 32.2. The van der Waals surface area contributed by atoms with Gasteiger partial charge in [-0.3, -0.25) is 9.36 Å². The molecule has 1 atom stereocenters. The number of hydrogen-bond donors (Lipinski definition) is 1. The van der Waals surface area contributed by atoms with Gasteiger partial charge in [0.15, 0.2) is 5.16 Å². The van der Waals surface area contributed by atoms with Gasteiger partial charge in [-0.2, -0.15) is 0 Å². The number of thioether (sulfide) groups is 1. The second-order valence-electron chi connectivity index (χ2n) is 6.95. The molecule has 166 valence electrons. The van der Waals surface area contributed by atoms with Crippen molar-refractivity contribution in [2.45, 2.75) is 31.2 Å². The highest BCUT2D eigenvalue weighted by Gasteiger charge is 2.22. The van der Waals surface area contributed by atoms with Crippen molar-refractivity contribution >= 4 is 39.3 Å². The number of nitrogens with zero attached hydrogens (tertiary/aromatic N) is 3. The molecule has 0 radical (unpaired) electrons. The number of hydrogen-bond acceptors (Lipinski definition) is 8. The monoisotopic (exact) mass is 470 g/mol. The molecule has 0 amide bonds. The lowest BCUT2D eigenvalue weighted by atomic mass is 10.2. The molecular formula is C22H22N4O4S2. The molecule has 0 aliphatic carbocycles. The molecule has 1 N–H and O–H groups in total. The van der Waals surface area contributed by atoms with Crippen molar-refractivity contribution in [1.29, 1.82) is 0 Å². The quantitative estimate of drug-likeness (QED) is 0.313. The Labute approximate surface area is 192 Å². The van der Waals surface area contributed by atoms with E-state index in [2.05, 4.69) is 15.0 Å². The summed E-state index contributed by atoms with van der Waals surface area (Å²) >= 11 is 2.65. The molecule has 0 saturated heterocycles. The van der Waals surface area contributed by atoms with E-state index < -0.39 is 5.97 Å². The number of H-pyrrole nitrogens is 1. The zero-order valence-corrected chi connectivity index (χ0v) is 19.7. The van der Waals surface area contributed by atoms with Gasteiger partial charge in [0.05, 0.1) is 30.0 Å². The number of aromatic nitrogens is 4. The number of benzene rings is 1. The third-order valence-electron chi connectivity index (χ3n) is 4.89. The summed E-state index contributed by atoms with van der Waals surface area (Å²) in [6.07, 6.45) is 3.60. The van der Waals surface area contributed by atoms with E-state index in [1.54, 1.807) is 27.2 Å². The van der Waals surface area contributed by atoms with Gasteiger partial charge in [-0.1, -0.05) is 17.8 Å². The largest absolute Gasteiger partial charge is 0.497 e. The second-order valence-corrected chi connectivity index (χ2v) is 9.26. The summed E-state index contributed by atoms with van der Waals surface area (Å²) in [6.45, 7) is 5.71. The zero-order chi connectivity index (χ0) is 22.8. The topological polar surface area (TPSA) is 99.1 Å². The van der Waals surface area contributed by atoms with Crippen molar-refractivity contribution in [2.24, 2.45) is 0 Å². The van der Waals surface area contributed by atoms with Crippen LogP contribution in [-0.4, -0.2) is 39.2 Å². The van der Waals surface area contributed by atoms with Gasteiger partial charge in [-0.05, 0) is 38.5 Å². The van der Waals surface area contributed by atoms with Gasteiger partial charge in [-0.15, -0.1) is 11.3 Å². The smallest absolute Gasteiger partial charge is 0.348 e. The summed E-state index contributed by atoms with van der Waals surface area (Å²) in [6, 6.07) is 7.69. The van der Waals surface area contributed by atoms with E-state index >= 15 is 0 Å². The van der Waals surface area contributed by atoms with Crippen LogP contribution in [0.2, 0.25) is 0 Å². The van der Waals surface area contributed by atoms with E-state index in [9.17, 15) is 9.59 Å². The summed E-state index contributed by atoms with van der Waals surface area (Å²) in [5.41, 5.74) is 1.25. The van der Waals surface area contributed by atoms with Crippen LogP contribution in [0.5, 0.6) is 5.75 Å². The molecule has 3 heterocycles. The standard InChI is InChI=1S/C22H22N4O4S2/c1-5-30-21(28)17-12(2)16-19(27)24-18(25-20(16)32-17)13(3)31-22-23-9-10-26(22)14-7-6-8-15(11-14)29-4/h6-11,13H,5H2,1-4H3,(H,24,25,27). The van der Waals surface area contributed by atoms with Crippen molar-refractivity contribution < 1.29 is 14.3 Å². The van der Waals surface area contributed by atoms with Gasteiger partial charge >= 0.3 is 5.97 Å². The van der Waals surface area contributed by atoms with E-state index in [0.29, 0.717) is 26.5 Å². The molecule has 0 spiro atoms. The lowest BCUT2D eigenvalue weighted by molar-refractivity contribution is 0.0531. The molecular weight excluding hydrogens is 448 g/mol. The van der Waals surface area contributed by atoms with E-state index in [-0.39, 0.29) is 17.4 Å². The maximum Gasteiger partial charge on any atom is 0.348 e. The molecule has 0 aliphatic rings. The fraction of sp³-hybridized carbons (Fsp3) is 0.273. The molecule has 1 unspecified atom stereocenters.